The van der Waals surface area contributed by atoms with Crippen molar-refractivity contribution >= 4 is 17.4 Å². The monoisotopic (exact) mass is 380 g/mol. The molecule has 3 atom stereocenters. The third-order valence-electron chi connectivity index (χ3n) is 5.67. The number of carbonyl (C=O) groups excluding carboxylic acids is 1. The van der Waals surface area contributed by atoms with Crippen molar-refractivity contribution in [1.82, 2.24) is 5.43 Å². The highest BCUT2D eigenvalue weighted by Crippen LogP contribution is 2.28. The van der Waals surface area contributed by atoms with Gasteiger partial charge in [-0.25, -0.2) is 5.43 Å². The Morgan fingerprint density at radius 2 is 1.86 bits per heavy atom. The average Bonchev–Trinajstić information content (AvgIpc) is 2.71. The number of para-hydroxylation sites is 1. The van der Waals surface area contributed by atoms with Crippen molar-refractivity contribution in [3.8, 4) is 0 Å². The number of hydrogen-bond acceptors (Lipinski definition) is 4. The normalized spacial score (nSPS) is 19.3. The lowest BCUT2D eigenvalue weighted by Gasteiger charge is -2.34. The van der Waals surface area contributed by atoms with E-state index in [1.54, 1.807) is 0 Å². The predicted molar refractivity (Wildman–Crippen MR) is 110 cm³/mol. The van der Waals surface area contributed by atoms with E-state index in [-0.39, 0.29) is 17.6 Å². The van der Waals surface area contributed by atoms with E-state index in [4.69, 9.17) is 0 Å². The van der Waals surface area contributed by atoms with Gasteiger partial charge in [-0.15, -0.1) is 0 Å². The summed E-state index contributed by atoms with van der Waals surface area (Å²) in [5.74, 6) is -1.08. The molecule has 0 aromatic heterocycles. The van der Waals surface area contributed by atoms with E-state index in [9.17, 15) is 14.7 Å². The van der Waals surface area contributed by atoms with E-state index in [1.165, 1.54) is 0 Å². The lowest BCUT2D eigenvalue weighted by atomic mass is 9.84. The van der Waals surface area contributed by atoms with Crippen molar-refractivity contribution in [3.05, 3.63) is 65.7 Å². The second-order valence-electron chi connectivity index (χ2n) is 7.59. The maximum absolute atomic E-state index is 12.4. The van der Waals surface area contributed by atoms with Gasteiger partial charge in [0.05, 0.1) is 18.2 Å². The van der Waals surface area contributed by atoms with Crippen LogP contribution in [0.2, 0.25) is 0 Å². The Balaban J connectivity index is 1.70. The molecule has 0 radical (unpaired) electrons. The molecule has 2 N–H and O–H groups in total. The molecule has 1 aliphatic rings. The smallest absolute Gasteiger partial charge is 0.311 e. The second kappa shape index (κ2) is 9.02. The Bertz CT molecular complexity index is 804. The molecule has 5 heteroatoms. The molecule has 1 fully saturated rings. The van der Waals surface area contributed by atoms with Crippen LogP contribution in [-0.2, 0) is 16.0 Å². The van der Waals surface area contributed by atoms with Gasteiger partial charge in [0.2, 0.25) is 0 Å². The molecule has 28 heavy (non-hydrogen) atoms. The van der Waals surface area contributed by atoms with Crippen molar-refractivity contribution in [1.29, 1.82) is 0 Å². The zero-order valence-electron chi connectivity index (χ0n) is 16.5. The van der Waals surface area contributed by atoms with Gasteiger partial charge in [-0.3, -0.25) is 9.59 Å². The number of benzene rings is 2. The van der Waals surface area contributed by atoms with Gasteiger partial charge in [-0.2, -0.15) is 0 Å². The van der Waals surface area contributed by atoms with Crippen LogP contribution in [0.5, 0.6) is 0 Å². The first kappa shape index (κ1) is 20.1. The van der Waals surface area contributed by atoms with Crippen LogP contribution in [0.4, 0.5) is 5.69 Å². The minimum Gasteiger partial charge on any atom is -0.481 e. The van der Waals surface area contributed by atoms with Crippen LogP contribution in [0.15, 0.2) is 54.6 Å². The summed E-state index contributed by atoms with van der Waals surface area (Å²) >= 11 is 0. The lowest BCUT2D eigenvalue weighted by molar-refractivity contribution is -0.140. The zero-order valence-corrected chi connectivity index (χ0v) is 16.5. The summed E-state index contributed by atoms with van der Waals surface area (Å²) in [5.41, 5.74) is 6.11. The largest absolute Gasteiger partial charge is 0.481 e. The summed E-state index contributed by atoms with van der Waals surface area (Å²) in [6, 6.07) is 17.7. The number of carboxylic acid groups (broad SMARTS) is 1. The number of anilines is 1. The molecule has 3 rings (SSSR count). The molecule has 0 saturated carbocycles. The average molecular weight is 380 g/mol. The van der Waals surface area contributed by atoms with Crippen molar-refractivity contribution < 1.29 is 14.7 Å². The zero-order chi connectivity index (χ0) is 20.1. The number of nitrogens with zero attached hydrogens (tertiary/aromatic N) is 1. The quantitative estimate of drug-likeness (QED) is 0.767. The number of carbonyl (C=O) groups is 2. The summed E-state index contributed by atoms with van der Waals surface area (Å²) in [4.78, 5) is 24.1. The molecule has 1 aliphatic heterocycles. The van der Waals surface area contributed by atoms with Gasteiger partial charge in [-0.05, 0) is 35.6 Å². The minimum absolute atomic E-state index is 0.0776. The van der Waals surface area contributed by atoms with Gasteiger partial charge in [-0.1, -0.05) is 62.7 Å². The highest BCUT2D eigenvalue weighted by Gasteiger charge is 2.28. The fourth-order valence-corrected chi connectivity index (χ4v) is 3.78. The van der Waals surface area contributed by atoms with Crippen LogP contribution in [0.25, 0.3) is 0 Å². The third kappa shape index (κ3) is 4.60. The first-order valence-corrected chi connectivity index (χ1v) is 9.90. The van der Waals surface area contributed by atoms with E-state index in [2.05, 4.69) is 5.43 Å². The number of rotatable bonds is 7. The van der Waals surface area contributed by atoms with Crippen LogP contribution in [0, 0.1) is 11.8 Å². The molecular weight excluding hydrogens is 352 g/mol. The maximum Gasteiger partial charge on any atom is 0.311 e. The second-order valence-corrected chi connectivity index (χ2v) is 7.59. The number of nitrogens with one attached hydrogen (secondary N) is 1. The van der Waals surface area contributed by atoms with Gasteiger partial charge < -0.3 is 10.1 Å². The molecular formula is C23H28N2O3. The highest BCUT2D eigenvalue weighted by molar-refractivity contribution is 5.85. The van der Waals surface area contributed by atoms with Gasteiger partial charge in [0.25, 0.3) is 0 Å². The Morgan fingerprint density at radius 3 is 2.46 bits per heavy atom. The van der Waals surface area contributed by atoms with E-state index < -0.39 is 11.9 Å². The van der Waals surface area contributed by atoms with E-state index >= 15 is 0 Å². The molecule has 0 spiro atoms. The maximum atomic E-state index is 12.4. The molecule has 1 saturated heterocycles. The standard InChI is InChI=1S/C23H28N2O3/c1-3-16(2)22(23(27)28)18-11-9-17(10-12-18)13-19-15-25(24-14-21(19)26)20-7-5-4-6-8-20/h4-12,16,19,22,24H,3,13-15H2,1-2H3,(H,27,28). The Kier molecular flexibility index (Phi) is 6.47. The first-order chi connectivity index (χ1) is 13.5. The van der Waals surface area contributed by atoms with Gasteiger partial charge in [0.1, 0.15) is 0 Å². The molecule has 0 aliphatic carbocycles. The number of hydrogen-bond donors (Lipinski definition) is 2. The Hall–Kier alpha value is -2.66. The molecule has 2 aromatic rings. The molecule has 5 nitrogen and oxygen atoms in total. The lowest BCUT2D eigenvalue weighted by Crippen LogP contribution is -2.52. The molecule has 0 bridgehead atoms. The van der Waals surface area contributed by atoms with E-state index in [0.717, 1.165) is 23.2 Å². The molecule has 0 amide bonds. The van der Waals surface area contributed by atoms with Gasteiger partial charge in [0.15, 0.2) is 5.78 Å². The minimum atomic E-state index is -0.783. The van der Waals surface area contributed by atoms with Crippen LogP contribution >= 0.6 is 0 Å². The molecule has 1 heterocycles. The topological polar surface area (TPSA) is 69.6 Å². The van der Waals surface area contributed by atoms with Crippen LogP contribution in [0.3, 0.4) is 0 Å². The Morgan fingerprint density at radius 1 is 1.18 bits per heavy atom. The Labute approximate surface area is 166 Å². The molecule has 148 valence electrons. The fourth-order valence-electron chi connectivity index (χ4n) is 3.78. The number of aliphatic carboxylic acids is 1. The highest BCUT2D eigenvalue weighted by atomic mass is 16.4. The summed E-state index contributed by atoms with van der Waals surface area (Å²) in [6.45, 7) is 4.93. The number of hydrazine groups is 1. The number of ketones is 1. The van der Waals surface area contributed by atoms with Crippen LogP contribution in [-0.4, -0.2) is 29.9 Å². The van der Waals surface area contributed by atoms with Crippen LogP contribution in [0.1, 0.15) is 37.3 Å². The predicted octanol–water partition coefficient (Wildman–Crippen LogP) is 3.65. The third-order valence-corrected chi connectivity index (χ3v) is 5.67. The first-order valence-electron chi connectivity index (χ1n) is 9.90. The molecule has 3 unspecified atom stereocenters. The summed E-state index contributed by atoms with van der Waals surface area (Å²) in [7, 11) is 0. The summed E-state index contributed by atoms with van der Waals surface area (Å²) < 4.78 is 0. The van der Waals surface area contributed by atoms with Crippen LogP contribution < -0.4 is 10.4 Å². The summed E-state index contributed by atoms with van der Waals surface area (Å²) in [6.07, 6.45) is 1.48. The van der Waals surface area contributed by atoms with Crippen molar-refractivity contribution in [2.75, 3.05) is 18.1 Å². The van der Waals surface area contributed by atoms with Gasteiger partial charge in [0, 0.05) is 12.5 Å². The van der Waals surface area contributed by atoms with Crippen molar-refractivity contribution in [2.45, 2.75) is 32.6 Å². The number of Topliss-reactive ketones (excluding diaryl/α,β-unsaturated/α-hetero) is 1. The number of carboxylic acids is 1. The summed E-state index contributed by atoms with van der Waals surface area (Å²) in [5, 5.41) is 11.6. The molecule has 2 aromatic carbocycles. The fraction of sp³-hybridized carbons (Fsp3) is 0.391. The van der Waals surface area contributed by atoms with E-state index in [1.807, 2.05) is 73.5 Å². The van der Waals surface area contributed by atoms with Crippen molar-refractivity contribution in [3.63, 3.8) is 0 Å². The van der Waals surface area contributed by atoms with Crippen molar-refractivity contribution in [2.24, 2.45) is 11.8 Å². The SMILES string of the molecule is CCC(C)C(C(=O)O)c1ccc(CC2CN(c3ccccc3)NCC2=O)cc1. The van der Waals surface area contributed by atoms with Gasteiger partial charge >= 0.3 is 5.97 Å². The van der Waals surface area contributed by atoms with E-state index in [0.29, 0.717) is 19.5 Å².